The molecule has 1 unspecified atom stereocenters. The summed E-state index contributed by atoms with van der Waals surface area (Å²) < 4.78 is 4.88. The predicted molar refractivity (Wildman–Crippen MR) is 120 cm³/mol. The van der Waals surface area contributed by atoms with Crippen molar-refractivity contribution >= 4 is 29.5 Å². The third kappa shape index (κ3) is 4.55. The van der Waals surface area contributed by atoms with Gasteiger partial charge in [-0.1, -0.05) is 18.2 Å². The Bertz CT molecular complexity index is 865. The van der Waals surface area contributed by atoms with Gasteiger partial charge in [-0.2, -0.15) is 0 Å². The van der Waals surface area contributed by atoms with Gasteiger partial charge in [0.2, 0.25) is 5.66 Å². The molecule has 2 amide bonds. The molecular formula is C22H32N3NaO5S. The molecule has 8 nitrogen and oxygen atoms in total. The number of rotatable bonds is 8. The maximum Gasteiger partial charge on any atom is 1.00 e. The van der Waals surface area contributed by atoms with Gasteiger partial charge in [0.25, 0.3) is 11.8 Å². The number of amides is 2. The van der Waals surface area contributed by atoms with Gasteiger partial charge in [0.1, 0.15) is 17.2 Å². The first-order chi connectivity index (χ1) is 14.4. The Labute approximate surface area is 217 Å². The number of ether oxygens (including phenoxy) is 1. The molecule has 3 rings (SSSR count). The monoisotopic (exact) mass is 473 g/mol. The van der Waals surface area contributed by atoms with Crippen LogP contribution in [0.2, 0.25) is 0 Å². The minimum atomic E-state index is -1.33. The number of benzene rings is 1. The molecule has 0 spiro atoms. The van der Waals surface area contributed by atoms with Crippen LogP contribution in [0.4, 0.5) is 0 Å². The SMILES string of the molecule is CC(C)N(C(C)C)C1(NC(=O)COc2ccccc2)C(=O)N2[C@@H](C(=O)O)C(C)(C)S[C@@H]21.[H-].[Na+]. The number of nitrogens with one attached hydrogen (secondary N) is 1. The van der Waals surface area contributed by atoms with Crippen LogP contribution >= 0.6 is 11.8 Å². The Morgan fingerprint density at radius 3 is 2.28 bits per heavy atom. The summed E-state index contributed by atoms with van der Waals surface area (Å²) >= 11 is 1.41. The van der Waals surface area contributed by atoms with Crippen LogP contribution in [-0.2, 0) is 14.4 Å². The molecule has 0 saturated carbocycles. The fourth-order valence-electron chi connectivity index (χ4n) is 4.79. The van der Waals surface area contributed by atoms with E-state index in [4.69, 9.17) is 4.74 Å². The van der Waals surface area contributed by atoms with Gasteiger partial charge in [0.05, 0.1) is 0 Å². The summed E-state index contributed by atoms with van der Waals surface area (Å²) in [7, 11) is 0. The summed E-state index contributed by atoms with van der Waals surface area (Å²) in [6.45, 7) is 11.2. The summed E-state index contributed by atoms with van der Waals surface area (Å²) in [4.78, 5) is 41.8. The minimum Gasteiger partial charge on any atom is -1.00 e. The summed E-state index contributed by atoms with van der Waals surface area (Å²) in [5, 5.41) is 12.2. The molecule has 2 fully saturated rings. The minimum absolute atomic E-state index is 0. The number of carbonyl (C=O) groups is 3. The predicted octanol–water partition coefficient (Wildman–Crippen LogP) is -0.740. The molecule has 2 N–H and O–H groups in total. The van der Waals surface area contributed by atoms with Crippen molar-refractivity contribution in [3.8, 4) is 5.75 Å². The molecule has 2 heterocycles. The third-order valence-electron chi connectivity index (χ3n) is 5.72. The van der Waals surface area contributed by atoms with E-state index in [0.717, 1.165) is 0 Å². The van der Waals surface area contributed by atoms with Crippen LogP contribution in [0.5, 0.6) is 5.75 Å². The number of thioether (sulfide) groups is 1. The van der Waals surface area contributed by atoms with Crippen LogP contribution in [0.25, 0.3) is 0 Å². The van der Waals surface area contributed by atoms with Crippen molar-refractivity contribution in [2.45, 2.75) is 75.5 Å². The first-order valence-corrected chi connectivity index (χ1v) is 11.3. The van der Waals surface area contributed by atoms with Crippen molar-refractivity contribution in [3.05, 3.63) is 30.3 Å². The van der Waals surface area contributed by atoms with E-state index in [1.165, 1.54) is 16.7 Å². The van der Waals surface area contributed by atoms with E-state index in [0.29, 0.717) is 5.75 Å². The van der Waals surface area contributed by atoms with Crippen LogP contribution in [-0.4, -0.2) is 73.2 Å². The van der Waals surface area contributed by atoms with Crippen LogP contribution in [0.3, 0.4) is 0 Å². The largest absolute Gasteiger partial charge is 1.00 e. The molecule has 2 aliphatic rings. The van der Waals surface area contributed by atoms with Gasteiger partial charge in [-0.15, -0.1) is 11.8 Å². The summed E-state index contributed by atoms with van der Waals surface area (Å²) in [5.74, 6) is -1.31. The van der Waals surface area contributed by atoms with Crippen LogP contribution in [0.1, 0.15) is 43.0 Å². The Balaban J connectivity index is 0.00000272. The van der Waals surface area contributed by atoms with Gasteiger partial charge < -0.3 is 21.5 Å². The van der Waals surface area contributed by atoms with Crippen LogP contribution < -0.4 is 39.6 Å². The van der Waals surface area contributed by atoms with Crippen molar-refractivity contribution < 1.29 is 55.2 Å². The normalized spacial score (nSPS) is 25.9. The van der Waals surface area contributed by atoms with Gasteiger partial charge in [0.15, 0.2) is 6.61 Å². The molecule has 2 saturated heterocycles. The number of hydrogen-bond donors (Lipinski definition) is 2. The maximum absolute atomic E-state index is 13.6. The molecule has 0 aromatic heterocycles. The molecule has 0 radical (unpaired) electrons. The van der Waals surface area contributed by atoms with Gasteiger partial charge in [0, 0.05) is 16.8 Å². The number of para-hydroxylation sites is 1. The fraction of sp³-hybridized carbons (Fsp3) is 0.591. The number of β-lactam (4-membered cyclic amide) rings is 1. The zero-order chi connectivity index (χ0) is 23.1. The van der Waals surface area contributed by atoms with Gasteiger partial charge in [-0.05, 0) is 53.7 Å². The molecule has 2 aliphatic heterocycles. The Hall–Kier alpha value is -1.26. The molecule has 172 valence electrons. The number of nitrogens with zero attached hydrogens (tertiary/aromatic N) is 2. The van der Waals surface area contributed by atoms with Gasteiger partial charge in [-0.25, -0.2) is 4.79 Å². The molecule has 3 atom stereocenters. The average Bonchev–Trinajstić information content (AvgIpc) is 2.95. The van der Waals surface area contributed by atoms with Crippen molar-refractivity contribution in [2.75, 3.05) is 6.61 Å². The number of hydrogen-bond acceptors (Lipinski definition) is 6. The Kier molecular flexibility index (Phi) is 8.37. The van der Waals surface area contributed by atoms with E-state index in [-0.39, 0.29) is 49.7 Å². The molecule has 0 bridgehead atoms. The van der Waals surface area contributed by atoms with Crippen molar-refractivity contribution in [1.29, 1.82) is 0 Å². The van der Waals surface area contributed by atoms with Gasteiger partial charge >= 0.3 is 35.5 Å². The molecular weight excluding hydrogens is 441 g/mol. The number of aliphatic carboxylic acids is 1. The van der Waals surface area contributed by atoms with E-state index in [9.17, 15) is 19.5 Å². The zero-order valence-corrected chi connectivity index (χ0v) is 22.6. The Morgan fingerprint density at radius 1 is 1.22 bits per heavy atom. The zero-order valence-electron chi connectivity index (χ0n) is 20.8. The quantitative estimate of drug-likeness (QED) is 0.292. The number of carboxylic acids is 1. The van der Waals surface area contributed by atoms with Crippen molar-refractivity contribution in [2.24, 2.45) is 0 Å². The fourth-order valence-corrected chi connectivity index (χ4v) is 6.49. The van der Waals surface area contributed by atoms with Crippen LogP contribution in [0.15, 0.2) is 30.3 Å². The topological polar surface area (TPSA) is 99.2 Å². The standard InChI is InChI=1S/C22H31N3O5S.Na.H/c1-13(2)25(14(3)4)22(23-16(26)12-30-15-10-8-7-9-11-15)19(29)24-17(18(27)28)21(5,6)31-20(22)24;;/h7-11,13-14,17,20H,12H2,1-6H3,(H,23,26)(H,27,28);;/q;+1;-1/t17-,20+,22?;;/m0../s1. The second-order valence-corrected chi connectivity index (χ2v) is 10.8. The average molecular weight is 474 g/mol. The van der Waals surface area contributed by atoms with E-state index in [2.05, 4.69) is 5.32 Å². The smallest absolute Gasteiger partial charge is 1.00 e. The van der Waals surface area contributed by atoms with Crippen molar-refractivity contribution in [3.63, 3.8) is 0 Å². The van der Waals surface area contributed by atoms with Gasteiger partial charge in [-0.3, -0.25) is 14.5 Å². The summed E-state index contributed by atoms with van der Waals surface area (Å²) in [6, 6.07) is 7.89. The molecule has 1 aromatic carbocycles. The molecule has 1 aromatic rings. The van der Waals surface area contributed by atoms with E-state index in [1.54, 1.807) is 12.1 Å². The third-order valence-corrected chi connectivity index (χ3v) is 7.34. The number of carboxylic acid groups (broad SMARTS) is 1. The van der Waals surface area contributed by atoms with E-state index in [1.807, 2.05) is 64.6 Å². The second-order valence-electron chi connectivity index (χ2n) is 9.04. The summed E-state index contributed by atoms with van der Waals surface area (Å²) in [6.07, 6.45) is 0. The van der Waals surface area contributed by atoms with E-state index < -0.39 is 39.6 Å². The van der Waals surface area contributed by atoms with Crippen molar-refractivity contribution in [1.82, 2.24) is 15.1 Å². The molecule has 10 heteroatoms. The first kappa shape index (κ1) is 27.0. The Morgan fingerprint density at radius 2 is 1.78 bits per heavy atom. The molecule has 32 heavy (non-hydrogen) atoms. The number of carbonyl (C=O) groups excluding carboxylic acids is 2. The van der Waals surface area contributed by atoms with E-state index >= 15 is 0 Å². The summed E-state index contributed by atoms with van der Waals surface area (Å²) in [5.41, 5.74) is -1.33. The molecule has 0 aliphatic carbocycles. The number of fused-ring (bicyclic) bond motifs is 1. The first-order valence-electron chi connectivity index (χ1n) is 10.4. The second kappa shape index (κ2) is 9.93. The maximum atomic E-state index is 13.6. The van der Waals surface area contributed by atoms with Crippen LogP contribution in [0, 0.1) is 0 Å².